The molecule has 3 aromatic carbocycles. The van der Waals surface area contributed by atoms with Gasteiger partial charge in [-0.15, -0.1) is 0 Å². The number of aromatic nitrogens is 1. The van der Waals surface area contributed by atoms with Crippen molar-refractivity contribution in [2.45, 2.75) is 6.54 Å². The van der Waals surface area contributed by atoms with E-state index in [0.29, 0.717) is 22.4 Å². The highest BCUT2D eigenvalue weighted by Crippen LogP contribution is 2.32. The van der Waals surface area contributed by atoms with Crippen LogP contribution in [0.1, 0.15) is 5.56 Å². The quantitative estimate of drug-likeness (QED) is 0.260. The number of hydrogen-bond donors (Lipinski definition) is 1. The van der Waals surface area contributed by atoms with Crippen molar-refractivity contribution in [3.05, 3.63) is 81.7 Å². The molecule has 0 bridgehead atoms. The Bertz CT molecular complexity index is 1320. The van der Waals surface area contributed by atoms with E-state index in [9.17, 15) is 4.79 Å². The maximum absolute atomic E-state index is 12.1. The molecular weight excluding hydrogens is 492 g/mol. The fourth-order valence-corrected chi connectivity index (χ4v) is 5.23. The molecule has 0 radical (unpaired) electrons. The van der Waals surface area contributed by atoms with Gasteiger partial charge in [0.05, 0.1) is 11.4 Å². The molecule has 1 fully saturated rings. The molecule has 5 rings (SSSR count). The third-order valence-corrected chi connectivity index (χ3v) is 6.81. The molecule has 1 aromatic heterocycles. The Labute approximate surface area is 197 Å². The first-order valence-corrected chi connectivity index (χ1v) is 11.7. The largest absolute Gasteiger partial charge is 0.491 e. The Morgan fingerprint density at radius 2 is 1.71 bits per heavy atom. The third kappa shape index (κ3) is 4.01. The zero-order valence-corrected chi connectivity index (χ0v) is 19.5. The minimum absolute atomic E-state index is 0.175. The van der Waals surface area contributed by atoms with Crippen molar-refractivity contribution in [1.82, 2.24) is 9.88 Å². The number of ether oxygens (including phenoxy) is 1. The van der Waals surface area contributed by atoms with Crippen LogP contribution in [-0.2, 0) is 11.3 Å². The molecule has 1 aliphatic rings. The highest BCUT2D eigenvalue weighted by Gasteiger charge is 2.22. The number of nitrogens with one attached hydrogen (secondary N) is 1. The number of thioether (sulfide) groups is 1. The fraction of sp³-hybridized carbons (Fsp3) is 0.0833. The summed E-state index contributed by atoms with van der Waals surface area (Å²) in [6.07, 6.45) is 1.82. The summed E-state index contributed by atoms with van der Waals surface area (Å²) in [7, 11) is 0. The van der Waals surface area contributed by atoms with Gasteiger partial charge in [-0.2, -0.15) is 0 Å². The lowest BCUT2D eigenvalue weighted by molar-refractivity contribution is -0.115. The Morgan fingerprint density at radius 3 is 2.35 bits per heavy atom. The van der Waals surface area contributed by atoms with Crippen molar-refractivity contribution in [1.29, 1.82) is 0 Å². The first kappa shape index (κ1) is 20.3. The molecule has 1 N–H and O–H groups in total. The zero-order chi connectivity index (χ0) is 21.4. The summed E-state index contributed by atoms with van der Waals surface area (Å²) in [5, 5.41) is 5.13. The van der Waals surface area contributed by atoms with E-state index in [1.165, 1.54) is 33.6 Å². The molecule has 1 aliphatic heterocycles. The summed E-state index contributed by atoms with van der Waals surface area (Å²) in [5.74, 6) is 0.550. The third-order valence-electron chi connectivity index (χ3n) is 5.15. The Balaban J connectivity index is 1.42. The molecular formula is C24H17BrN2O2S2. The second-order valence-electron chi connectivity index (χ2n) is 7.07. The number of rotatable bonds is 5. The topological polar surface area (TPSA) is 43.3 Å². The van der Waals surface area contributed by atoms with Crippen molar-refractivity contribution >= 4 is 78.0 Å². The van der Waals surface area contributed by atoms with Gasteiger partial charge in [-0.1, -0.05) is 76.3 Å². The van der Waals surface area contributed by atoms with Crippen molar-refractivity contribution in [3.8, 4) is 5.75 Å². The lowest BCUT2D eigenvalue weighted by Gasteiger charge is -2.12. The van der Waals surface area contributed by atoms with Gasteiger partial charge >= 0.3 is 0 Å². The second kappa shape index (κ2) is 8.49. The van der Waals surface area contributed by atoms with Crippen LogP contribution in [0.25, 0.3) is 27.9 Å². The Hall–Kier alpha value is -2.61. The van der Waals surface area contributed by atoms with Gasteiger partial charge in [0.1, 0.15) is 16.7 Å². The van der Waals surface area contributed by atoms with E-state index in [-0.39, 0.29) is 5.91 Å². The smallest absolute Gasteiger partial charge is 0.263 e. The number of carbonyl (C=O) groups excluding carboxylic acids is 1. The molecule has 0 atom stereocenters. The van der Waals surface area contributed by atoms with Crippen molar-refractivity contribution < 1.29 is 9.53 Å². The van der Waals surface area contributed by atoms with Gasteiger partial charge in [-0.3, -0.25) is 4.79 Å². The summed E-state index contributed by atoms with van der Waals surface area (Å²) in [5.41, 5.74) is 3.22. The first-order chi connectivity index (χ1) is 15.1. The molecule has 2 heterocycles. The molecule has 1 saturated heterocycles. The molecule has 0 saturated carbocycles. The van der Waals surface area contributed by atoms with Gasteiger partial charge in [-0.25, -0.2) is 0 Å². The van der Waals surface area contributed by atoms with Crippen LogP contribution >= 0.6 is 39.9 Å². The van der Waals surface area contributed by atoms with Gasteiger partial charge in [0, 0.05) is 31.8 Å². The van der Waals surface area contributed by atoms with Crippen LogP contribution in [0.4, 0.5) is 0 Å². The summed E-state index contributed by atoms with van der Waals surface area (Å²) in [6.45, 7) is 1.21. The molecule has 7 heteroatoms. The second-order valence-corrected chi connectivity index (χ2v) is 9.70. The van der Waals surface area contributed by atoms with Gasteiger partial charge in [0.25, 0.3) is 5.91 Å². The van der Waals surface area contributed by atoms with E-state index >= 15 is 0 Å². The summed E-state index contributed by atoms with van der Waals surface area (Å²) in [6, 6.07) is 22.7. The van der Waals surface area contributed by atoms with E-state index in [0.717, 1.165) is 15.8 Å². The molecule has 0 spiro atoms. The van der Waals surface area contributed by atoms with Gasteiger partial charge < -0.3 is 14.6 Å². The average Bonchev–Trinajstić information content (AvgIpc) is 3.26. The molecule has 0 aliphatic carbocycles. The van der Waals surface area contributed by atoms with Crippen molar-refractivity contribution in [3.63, 3.8) is 0 Å². The normalized spacial score (nSPS) is 15.2. The van der Waals surface area contributed by atoms with Crippen LogP contribution in [0.2, 0.25) is 0 Å². The standard InChI is InChI=1S/C24H17BrN2O2S2/c25-16-9-10-21(15(13-16)14-22-23(28)26-24(30)31-22)29-12-11-27-19-7-3-1-5-17(19)18-6-2-4-8-20(18)27/h1-10,13-14H,11-12H2,(H,26,28,30)/b22-14+. The van der Waals surface area contributed by atoms with E-state index in [1.54, 1.807) is 0 Å². The van der Waals surface area contributed by atoms with Crippen molar-refractivity contribution in [2.75, 3.05) is 6.61 Å². The number of fused-ring (bicyclic) bond motifs is 3. The van der Waals surface area contributed by atoms with E-state index in [4.69, 9.17) is 17.0 Å². The Kier molecular flexibility index (Phi) is 5.56. The molecule has 31 heavy (non-hydrogen) atoms. The number of nitrogens with zero attached hydrogens (tertiary/aromatic N) is 1. The minimum atomic E-state index is -0.175. The number of para-hydroxylation sites is 2. The van der Waals surface area contributed by atoms with Crippen LogP contribution in [-0.4, -0.2) is 21.4 Å². The van der Waals surface area contributed by atoms with E-state index in [2.05, 4.69) is 74.3 Å². The molecule has 4 nitrogen and oxygen atoms in total. The monoisotopic (exact) mass is 508 g/mol. The predicted molar refractivity (Wildman–Crippen MR) is 135 cm³/mol. The number of halogens is 1. The first-order valence-electron chi connectivity index (χ1n) is 9.73. The van der Waals surface area contributed by atoms with Gasteiger partial charge in [0.2, 0.25) is 0 Å². The van der Waals surface area contributed by atoms with Crippen LogP contribution in [0.15, 0.2) is 76.1 Å². The Morgan fingerprint density at radius 1 is 1.03 bits per heavy atom. The highest BCUT2D eigenvalue weighted by molar-refractivity contribution is 9.10. The minimum Gasteiger partial charge on any atom is -0.491 e. The average molecular weight is 509 g/mol. The van der Waals surface area contributed by atoms with Crippen LogP contribution < -0.4 is 10.1 Å². The lowest BCUT2D eigenvalue weighted by Crippen LogP contribution is -2.17. The maximum atomic E-state index is 12.1. The van der Waals surface area contributed by atoms with Gasteiger partial charge in [0.15, 0.2) is 0 Å². The lowest BCUT2D eigenvalue weighted by atomic mass is 10.2. The molecule has 4 aromatic rings. The van der Waals surface area contributed by atoms with Crippen LogP contribution in [0, 0.1) is 0 Å². The van der Waals surface area contributed by atoms with E-state index in [1.807, 2.05) is 24.3 Å². The summed E-state index contributed by atoms with van der Waals surface area (Å²) in [4.78, 5) is 12.6. The number of hydrogen-bond acceptors (Lipinski definition) is 4. The number of benzene rings is 3. The number of thiocarbonyl (C=S) groups is 1. The van der Waals surface area contributed by atoms with Crippen LogP contribution in [0.5, 0.6) is 5.75 Å². The summed E-state index contributed by atoms with van der Waals surface area (Å²) < 4.78 is 9.86. The van der Waals surface area contributed by atoms with E-state index < -0.39 is 0 Å². The highest BCUT2D eigenvalue weighted by atomic mass is 79.9. The molecule has 0 unspecified atom stereocenters. The molecule has 154 valence electrons. The maximum Gasteiger partial charge on any atom is 0.263 e. The predicted octanol–water partition coefficient (Wildman–Crippen LogP) is 6.12. The number of amides is 1. The van der Waals surface area contributed by atoms with Gasteiger partial charge in [-0.05, 0) is 36.4 Å². The molecule has 1 amide bonds. The van der Waals surface area contributed by atoms with Crippen LogP contribution in [0.3, 0.4) is 0 Å². The fourth-order valence-electron chi connectivity index (χ4n) is 3.82. The number of carbonyl (C=O) groups is 1. The zero-order valence-electron chi connectivity index (χ0n) is 16.3. The summed E-state index contributed by atoms with van der Waals surface area (Å²) >= 11 is 9.86. The SMILES string of the molecule is O=C1NC(=S)S/C1=C/c1cc(Br)ccc1OCCn1c2ccccc2c2ccccc21. The van der Waals surface area contributed by atoms with Crippen molar-refractivity contribution in [2.24, 2.45) is 0 Å².